The summed E-state index contributed by atoms with van der Waals surface area (Å²) >= 11 is 0. The molecule has 1 aliphatic rings. The van der Waals surface area contributed by atoms with Gasteiger partial charge in [0.15, 0.2) is 5.65 Å². The van der Waals surface area contributed by atoms with Gasteiger partial charge in [0.2, 0.25) is 0 Å². The minimum atomic E-state index is 0.583. The number of nitrogens with zero attached hydrogens (tertiary/aromatic N) is 4. The van der Waals surface area contributed by atoms with Gasteiger partial charge in [0.05, 0.1) is 17.8 Å². The molecule has 4 rings (SSSR count). The first kappa shape index (κ1) is 14.5. The maximum Gasteiger partial charge on any atom is 0.163 e. The summed E-state index contributed by atoms with van der Waals surface area (Å²) in [6.07, 6.45) is 4.33. The fraction of sp³-hybridized carbons (Fsp3) is 0.278. The molecule has 0 unspecified atom stereocenters. The number of nitrogens with one attached hydrogen (secondary N) is 2. The van der Waals surface area contributed by atoms with E-state index in [1.165, 1.54) is 18.4 Å². The van der Waals surface area contributed by atoms with Crippen LogP contribution in [0.4, 0.5) is 17.3 Å². The standard InChI is InChI=1S/C18H18N6/c1-11-5-12(9-19)7-14(6-11)22-17-8-16(20-2)23-18-15(13-3-4-13)10-21-24(17)18/h5-8,10,13,22H,3-4H2,1-2H3,(H,20,23). The number of hydrogen-bond acceptors (Lipinski definition) is 5. The molecule has 0 atom stereocenters. The minimum Gasteiger partial charge on any atom is -0.373 e. The van der Waals surface area contributed by atoms with Crippen molar-refractivity contribution in [2.45, 2.75) is 25.7 Å². The predicted molar refractivity (Wildman–Crippen MR) is 93.7 cm³/mol. The van der Waals surface area contributed by atoms with Crippen molar-refractivity contribution in [1.82, 2.24) is 14.6 Å². The number of aromatic nitrogens is 3. The monoisotopic (exact) mass is 318 g/mol. The Balaban J connectivity index is 1.81. The number of anilines is 3. The Labute approximate surface area is 140 Å². The second-order valence-electron chi connectivity index (χ2n) is 6.21. The molecule has 0 saturated heterocycles. The largest absolute Gasteiger partial charge is 0.373 e. The zero-order valence-corrected chi connectivity index (χ0v) is 13.7. The predicted octanol–water partition coefficient (Wildman–Crippen LogP) is 3.57. The Kier molecular flexibility index (Phi) is 3.35. The van der Waals surface area contributed by atoms with E-state index in [0.29, 0.717) is 11.5 Å². The summed E-state index contributed by atoms with van der Waals surface area (Å²) in [7, 11) is 1.86. The molecule has 24 heavy (non-hydrogen) atoms. The number of aryl methyl sites for hydroxylation is 1. The van der Waals surface area contributed by atoms with Crippen molar-refractivity contribution >= 4 is 23.0 Å². The van der Waals surface area contributed by atoms with Crippen molar-refractivity contribution in [3.8, 4) is 6.07 Å². The van der Waals surface area contributed by atoms with Crippen molar-refractivity contribution < 1.29 is 0 Å². The molecule has 1 fully saturated rings. The summed E-state index contributed by atoms with van der Waals surface area (Å²) in [6, 6.07) is 9.83. The van der Waals surface area contributed by atoms with Gasteiger partial charge in [0.25, 0.3) is 0 Å². The SMILES string of the molecule is CNc1cc(Nc2cc(C)cc(C#N)c2)n2ncc(C3CC3)c2n1. The Morgan fingerprint density at radius 2 is 2.08 bits per heavy atom. The van der Waals surface area contributed by atoms with Gasteiger partial charge in [-0.3, -0.25) is 0 Å². The van der Waals surface area contributed by atoms with Crippen molar-refractivity contribution in [1.29, 1.82) is 5.26 Å². The van der Waals surface area contributed by atoms with Gasteiger partial charge in [-0.2, -0.15) is 14.9 Å². The van der Waals surface area contributed by atoms with Gasteiger partial charge in [-0.05, 0) is 49.4 Å². The fourth-order valence-electron chi connectivity index (χ4n) is 2.95. The van der Waals surface area contributed by atoms with E-state index in [-0.39, 0.29) is 0 Å². The highest BCUT2D eigenvalue weighted by molar-refractivity contribution is 5.67. The van der Waals surface area contributed by atoms with Gasteiger partial charge in [0.1, 0.15) is 11.6 Å². The third-order valence-electron chi connectivity index (χ3n) is 4.25. The highest BCUT2D eigenvalue weighted by Gasteiger charge is 2.28. The smallest absolute Gasteiger partial charge is 0.163 e. The van der Waals surface area contributed by atoms with Crippen LogP contribution in [0.1, 0.15) is 35.4 Å². The van der Waals surface area contributed by atoms with Crippen LogP contribution in [0.25, 0.3) is 5.65 Å². The second-order valence-corrected chi connectivity index (χ2v) is 6.21. The van der Waals surface area contributed by atoms with E-state index in [0.717, 1.165) is 28.5 Å². The lowest BCUT2D eigenvalue weighted by molar-refractivity contribution is 0.948. The number of fused-ring (bicyclic) bond motifs is 1. The van der Waals surface area contributed by atoms with Gasteiger partial charge < -0.3 is 10.6 Å². The lowest BCUT2D eigenvalue weighted by Crippen LogP contribution is -2.04. The van der Waals surface area contributed by atoms with Gasteiger partial charge in [-0.15, -0.1) is 0 Å². The number of hydrogen-bond donors (Lipinski definition) is 2. The van der Waals surface area contributed by atoms with Gasteiger partial charge >= 0.3 is 0 Å². The van der Waals surface area contributed by atoms with Crippen LogP contribution in [0.2, 0.25) is 0 Å². The van der Waals surface area contributed by atoms with Crippen molar-refractivity contribution in [2.75, 3.05) is 17.7 Å². The van der Waals surface area contributed by atoms with Gasteiger partial charge in [-0.1, -0.05) is 0 Å². The van der Waals surface area contributed by atoms with Crippen LogP contribution in [0, 0.1) is 18.3 Å². The molecule has 0 amide bonds. The van der Waals surface area contributed by atoms with E-state index in [1.54, 1.807) is 0 Å². The molecule has 1 saturated carbocycles. The van der Waals surface area contributed by atoms with Crippen LogP contribution in [0.15, 0.2) is 30.5 Å². The highest BCUT2D eigenvalue weighted by Crippen LogP contribution is 2.42. The first-order chi connectivity index (χ1) is 11.7. The molecule has 3 aromatic rings. The molecule has 1 aromatic carbocycles. The molecule has 0 aliphatic heterocycles. The Hall–Kier alpha value is -3.07. The molecule has 2 aromatic heterocycles. The fourth-order valence-corrected chi connectivity index (χ4v) is 2.95. The quantitative estimate of drug-likeness (QED) is 0.769. The van der Waals surface area contributed by atoms with Crippen LogP contribution in [-0.4, -0.2) is 21.6 Å². The highest BCUT2D eigenvalue weighted by atomic mass is 15.3. The molecule has 6 nitrogen and oxygen atoms in total. The molecular formula is C18H18N6. The summed E-state index contributed by atoms with van der Waals surface area (Å²) in [5, 5.41) is 20.2. The Bertz CT molecular complexity index is 962. The molecule has 0 bridgehead atoms. The van der Waals surface area contributed by atoms with Crippen LogP contribution >= 0.6 is 0 Å². The third kappa shape index (κ3) is 2.54. The van der Waals surface area contributed by atoms with Crippen molar-refractivity contribution in [3.05, 3.63) is 47.2 Å². The zero-order chi connectivity index (χ0) is 16.7. The molecule has 1 aliphatic carbocycles. The lowest BCUT2D eigenvalue weighted by atomic mass is 10.1. The number of benzene rings is 1. The minimum absolute atomic E-state index is 0.583. The number of rotatable bonds is 4. The Morgan fingerprint density at radius 3 is 2.79 bits per heavy atom. The molecule has 0 radical (unpaired) electrons. The molecule has 2 heterocycles. The summed E-state index contributed by atoms with van der Waals surface area (Å²) in [4.78, 5) is 4.67. The van der Waals surface area contributed by atoms with E-state index in [4.69, 9.17) is 5.26 Å². The molecular weight excluding hydrogens is 300 g/mol. The van der Waals surface area contributed by atoms with Crippen LogP contribution in [-0.2, 0) is 0 Å². The average Bonchev–Trinajstić information content (AvgIpc) is 3.33. The van der Waals surface area contributed by atoms with Crippen LogP contribution < -0.4 is 10.6 Å². The van der Waals surface area contributed by atoms with Gasteiger partial charge in [-0.25, -0.2) is 4.98 Å². The third-order valence-corrected chi connectivity index (χ3v) is 4.25. The number of nitriles is 1. The van der Waals surface area contributed by atoms with Crippen LogP contribution in [0.3, 0.4) is 0 Å². The van der Waals surface area contributed by atoms with E-state index in [2.05, 4.69) is 26.8 Å². The average molecular weight is 318 g/mol. The van der Waals surface area contributed by atoms with Crippen LogP contribution in [0.5, 0.6) is 0 Å². The zero-order valence-electron chi connectivity index (χ0n) is 13.7. The summed E-state index contributed by atoms with van der Waals surface area (Å²) < 4.78 is 1.84. The Morgan fingerprint density at radius 1 is 1.25 bits per heavy atom. The first-order valence-electron chi connectivity index (χ1n) is 8.03. The normalized spacial score (nSPS) is 13.7. The van der Waals surface area contributed by atoms with E-state index >= 15 is 0 Å². The molecule has 6 heteroatoms. The van der Waals surface area contributed by atoms with Gasteiger partial charge in [0, 0.05) is 24.4 Å². The van der Waals surface area contributed by atoms with E-state index in [1.807, 2.05) is 48.9 Å². The molecule has 120 valence electrons. The maximum absolute atomic E-state index is 9.16. The first-order valence-corrected chi connectivity index (χ1v) is 8.03. The topological polar surface area (TPSA) is 78.0 Å². The van der Waals surface area contributed by atoms with E-state index < -0.39 is 0 Å². The van der Waals surface area contributed by atoms with E-state index in [9.17, 15) is 0 Å². The molecule has 0 spiro atoms. The van der Waals surface area contributed by atoms with Crippen molar-refractivity contribution in [2.24, 2.45) is 0 Å². The maximum atomic E-state index is 9.16. The molecule has 2 N–H and O–H groups in total. The lowest BCUT2D eigenvalue weighted by Gasteiger charge is -2.12. The summed E-state index contributed by atoms with van der Waals surface area (Å²) in [5.74, 6) is 2.20. The summed E-state index contributed by atoms with van der Waals surface area (Å²) in [6.45, 7) is 1.98. The summed E-state index contributed by atoms with van der Waals surface area (Å²) in [5.41, 5.74) is 4.63. The van der Waals surface area contributed by atoms with Crippen molar-refractivity contribution in [3.63, 3.8) is 0 Å². The second kappa shape index (κ2) is 5.53.